The summed E-state index contributed by atoms with van der Waals surface area (Å²) in [7, 11) is 0. The van der Waals surface area contributed by atoms with E-state index >= 15 is 0 Å². The average molecular weight is 149 g/mol. The van der Waals surface area contributed by atoms with Gasteiger partial charge in [0.15, 0.2) is 0 Å². The van der Waals surface area contributed by atoms with Crippen molar-refractivity contribution in [2.24, 2.45) is 0 Å². The second kappa shape index (κ2) is 10.5. The maximum absolute atomic E-state index is 8.67. The van der Waals surface area contributed by atoms with Crippen molar-refractivity contribution in [2.45, 2.75) is 0 Å². The van der Waals surface area contributed by atoms with Gasteiger partial charge in [0.1, 0.15) is 0 Å². The van der Waals surface area contributed by atoms with E-state index in [4.69, 9.17) is 13.3 Å². The third-order valence-corrected chi connectivity index (χ3v) is 0. The van der Waals surface area contributed by atoms with E-state index in [9.17, 15) is 0 Å². The molecule has 0 bridgehead atoms. The fraction of sp³-hybridized carbons (Fsp3) is 0. The third kappa shape index (κ3) is 31.7. The molecule has 0 atom stereocenters. The van der Waals surface area contributed by atoms with Gasteiger partial charge in [0.25, 0.3) is 11.4 Å². The van der Waals surface area contributed by atoms with Crippen molar-refractivity contribution in [3.05, 3.63) is 0 Å². The van der Waals surface area contributed by atoms with Gasteiger partial charge in [-0.15, -0.1) is 0 Å². The van der Waals surface area contributed by atoms with Gasteiger partial charge in [-0.2, -0.15) is 4.21 Å². The maximum Gasteiger partial charge on any atom is 2.00 e. The molecule has 0 aliphatic heterocycles. The SMILES string of the molecule is O=S(O)O.[H-].[H-].[H-].[K+].[Mg+2]. The van der Waals surface area contributed by atoms with Gasteiger partial charge in [0.05, 0.1) is 0 Å². The Bertz CT molecular complexity index is 42.0. The summed E-state index contributed by atoms with van der Waals surface area (Å²) in [5, 5.41) is 0. The zero-order chi connectivity index (χ0) is 3.58. The second-order valence-electron chi connectivity index (χ2n) is 0.231. The Hall–Kier alpha value is 2.47. The van der Waals surface area contributed by atoms with E-state index in [1.54, 1.807) is 0 Å². The molecule has 0 saturated carbocycles. The van der Waals surface area contributed by atoms with Crippen LogP contribution in [0.25, 0.3) is 0 Å². The summed E-state index contributed by atoms with van der Waals surface area (Å²) in [5.41, 5.74) is 0. The number of hydrogen-bond acceptors (Lipinski definition) is 1. The Morgan fingerprint density at radius 3 is 1.50 bits per heavy atom. The Balaban J connectivity index is -0.00000000450. The van der Waals surface area contributed by atoms with Crippen molar-refractivity contribution in [1.29, 1.82) is 0 Å². The first kappa shape index (κ1) is 15.8. The molecule has 6 heavy (non-hydrogen) atoms. The molecular weight excluding hydrogens is 143 g/mol. The van der Waals surface area contributed by atoms with Crippen LogP contribution in [0.2, 0.25) is 0 Å². The number of hydrogen-bond donors (Lipinski definition) is 2. The summed E-state index contributed by atoms with van der Waals surface area (Å²) in [4.78, 5) is 0. The molecule has 0 aliphatic carbocycles. The fourth-order valence-electron chi connectivity index (χ4n) is 0. The van der Waals surface area contributed by atoms with Crippen molar-refractivity contribution in [3.8, 4) is 0 Å². The molecule has 32 valence electrons. The van der Waals surface area contributed by atoms with Gasteiger partial charge in [-0.05, 0) is 0 Å². The summed E-state index contributed by atoms with van der Waals surface area (Å²) < 4.78 is 22.8. The van der Waals surface area contributed by atoms with E-state index < -0.39 is 11.4 Å². The Kier molecular flexibility index (Phi) is 27.5. The topological polar surface area (TPSA) is 57.5 Å². The summed E-state index contributed by atoms with van der Waals surface area (Å²) in [6, 6.07) is 0. The Morgan fingerprint density at radius 2 is 1.50 bits per heavy atom. The minimum Gasteiger partial charge on any atom is -1.00 e. The van der Waals surface area contributed by atoms with Gasteiger partial charge in [-0.1, -0.05) is 0 Å². The molecule has 2 N–H and O–H groups in total. The van der Waals surface area contributed by atoms with Gasteiger partial charge in [0, 0.05) is 0 Å². The van der Waals surface area contributed by atoms with Crippen LogP contribution in [-0.2, 0) is 11.4 Å². The molecule has 0 amide bonds. The van der Waals surface area contributed by atoms with Crippen molar-refractivity contribution in [3.63, 3.8) is 0 Å². The van der Waals surface area contributed by atoms with E-state index in [0.717, 1.165) is 0 Å². The minimum atomic E-state index is -2.61. The summed E-state index contributed by atoms with van der Waals surface area (Å²) >= 11 is -2.61. The quantitative estimate of drug-likeness (QED) is 0.279. The van der Waals surface area contributed by atoms with E-state index in [0.29, 0.717) is 0 Å². The van der Waals surface area contributed by atoms with Crippen LogP contribution in [0.5, 0.6) is 0 Å². The summed E-state index contributed by atoms with van der Waals surface area (Å²) in [6.45, 7) is 0. The Labute approximate surface area is 101 Å². The summed E-state index contributed by atoms with van der Waals surface area (Å²) in [5.74, 6) is 0. The van der Waals surface area contributed by atoms with E-state index in [-0.39, 0.29) is 78.7 Å². The first-order chi connectivity index (χ1) is 1.73. The molecule has 0 aromatic heterocycles. The first-order valence-electron chi connectivity index (χ1n) is 0.532. The molecule has 0 rings (SSSR count). The molecule has 0 unspecified atom stereocenters. The van der Waals surface area contributed by atoms with Crippen LogP contribution < -0.4 is 51.4 Å². The molecule has 0 radical (unpaired) electrons. The normalized spacial score (nSPS) is 5.83. The van der Waals surface area contributed by atoms with Crippen LogP contribution in [0.15, 0.2) is 0 Å². The molecule has 0 aromatic rings. The maximum atomic E-state index is 8.67. The standard InChI is InChI=1S/K.Mg.H2O3S.3H/c;;1-4(2)3;;;/h;;(H2,1,2,3);;;/q+1;+2;;3*-1. The average Bonchev–Trinajstić information content (AvgIpc) is 0.811. The van der Waals surface area contributed by atoms with Crippen molar-refractivity contribution >= 4 is 34.4 Å². The summed E-state index contributed by atoms with van der Waals surface area (Å²) in [6.07, 6.45) is 0. The van der Waals surface area contributed by atoms with Crippen LogP contribution in [0.4, 0.5) is 0 Å². The fourth-order valence-corrected chi connectivity index (χ4v) is 0. The first-order valence-corrected chi connectivity index (χ1v) is 1.60. The van der Waals surface area contributed by atoms with Crippen LogP contribution in [0.1, 0.15) is 4.28 Å². The van der Waals surface area contributed by atoms with Crippen LogP contribution in [-0.4, -0.2) is 36.4 Å². The van der Waals surface area contributed by atoms with Gasteiger partial charge in [-0.25, -0.2) is 0 Å². The molecule has 6 heteroatoms. The van der Waals surface area contributed by atoms with Crippen molar-refractivity contribution < 1.29 is 69.0 Å². The smallest absolute Gasteiger partial charge is 1.00 e. The van der Waals surface area contributed by atoms with Crippen LogP contribution in [0, 0.1) is 0 Å². The van der Waals surface area contributed by atoms with Gasteiger partial charge >= 0.3 is 74.4 Å². The monoisotopic (exact) mass is 148 g/mol. The predicted molar refractivity (Wildman–Crippen MR) is 22.5 cm³/mol. The zero-order valence-corrected chi connectivity index (χ0v) is 8.77. The zero-order valence-electron chi connectivity index (χ0n) is 6.42. The Morgan fingerprint density at radius 1 is 1.50 bits per heavy atom. The molecular formula is H5KMgO3S. The number of rotatable bonds is 0. The minimum absolute atomic E-state index is 0. The van der Waals surface area contributed by atoms with E-state index in [1.165, 1.54) is 0 Å². The van der Waals surface area contributed by atoms with Crippen molar-refractivity contribution in [1.82, 2.24) is 0 Å². The van der Waals surface area contributed by atoms with Gasteiger partial charge in [0.2, 0.25) is 0 Å². The van der Waals surface area contributed by atoms with E-state index in [2.05, 4.69) is 0 Å². The third-order valence-electron chi connectivity index (χ3n) is 0. The van der Waals surface area contributed by atoms with Gasteiger partial charge < -0.3 is 4.28 Å². The largest absolute Gasteiger partial charge is 2.00 e. The van der Waals surface area contributed by atoms with Crippen molar-refractivity contribution in [2.75, 3.05) is 0 Å². The molecule has 0 heterocycles. The molecule has 0 fully saturated rings. The molecule has 0 spiro atoms. The second-order valence-corrected chi connectivity index (χ2v) is 0.692. The molecule has 0 saturated heterocycles. The predicted octanol–water partition coefficient (Wildman–Crippen LogP) is -3.36. The van der Waals surface area contributed by atoms with Gasteiger partial charge in [-0.3, -0.25) is 9.11 Å². The van der Waals surface area contributed by atoms with E-state index in [1.807, 2.05) is 0 Å². The molecule has 0 aliphatic rings. The molecule has 3 nitrogen and oxygen atoms in total. The molecule has 0 aromatic carbocycles. The van der Waals surface area contributed by atoms with Crippen LogP contribution >= 0.6 is 0 Å². The van der Waals surface area contributed by atoms with Crippen LogP contribution in [0.3, 0.4) is 0 Å².